The quantitative estimate of drug-likeness (QED) is 0.551. The van der Waals surface area contributed by atoms with E-state index in [0.29, 0.717) is 12.2 Å². The van der Waals surface area contributed by atoms with Crippen LogP contribution in [0.4, 0.5) is 5.13 Å². The van der Waals surface area contributed by atoms with E-state index in [0.717, 1.165) is 59.5 Å². The first kappa shape index (κ1) is 23.7. The summed E-state index contributed by atoms with van der Waals surface area (Å²) in [6.45, 7) is 12.7. The smallest absolute Gasteiger partial charge is 0.278 e. The molecule has 0 spiro atoms. The van der Waals surface area contributed by atoms with Crippen LogP contribution >= 0.6 is 23.7 Å². The molecule has 1 saturated heterocycles. The minimum atomic E-state index is -0.0470. The number of aryl methyl sites for hydroxylation is 2. The second-order valence-electron chi connectivity index (χ2n) is 8.04. The van der Waals surface area contributed by atoms with Crippen molar-refractivity contribution in [2.75, 3.05) is 44.3 Å². The number of hydrogen-bond acceptors (Lipinski definition) is 6. The van der Waals surface area contributed by atoms with Gasteiger partial charge in [-0.2, -0.15) is 5.10 Å². The zero-order valence-electron chi connectivity index (χ0n) is 18.5. The SMILES string of the molecule is Cc1cc(C(=O)N(CCN2CCOCC2)c2nc3c(C)cccc3s2)n(C(C)C)n1.Cl. The molecular formula is C22H30ClN5O2S. The number of thiazole rings is 1. The average Bonchev–Trinajstić information content (AvgIpc) is 3.33. The van der Waals surface area contributed by atoms with Gasteiger partial charge >= 0.3 is 0 Å². The molecule has 4 rings (SSSR count). The Hall–Kier alpha value is -2.00. The number of ether oxygens (including phenoxy) is 1. The maximum Gasteiger partial charge on any atom is 0.278 e. The average molecular weight is 464 g/mol. The van der Waals surface area contributed by atoms with Gasteiger partial charge in [-0.15, -0.1) is 12.4 Å². The molecule has 0 N–H and O–H groups in total. The van der Waals surface area contributed by atoms with Crippen molar-refractivity contribution >= 4 is 45.0 Å². The molecule has 3 aromatic rings. The van der Waals surface area contributed by atoms with Crippen LogP contribution in [0, 0.1) is 13.8 Å². The molecule has 31 heavy (non-hydrogen) atoms. The van der Waals surface area contributed by atoms with E-state index >= 15 is 0 Å². The maximum atomic E-state index is 13.7. The van der Waals surface area contributed by atoms with Gasteiger partial charge in [0.05, 0.1) is 29.1 Å². The lowest BCUT2D eigenvalue weighted by Gasteiger charge is -2.29. The summed E-state index contributed by atoms with van der Waals surface area (Å²) in [7, 11) is 0. The zero-order valence-corrected chi connectivity index (χ0v) is 20.1. The van der Waals surface area contributed by atoms with Gasteiger partial charge in [0, 0.05) is 32.2 Å². The third-order valence-corrected chi connectivity index (χ3v) is 6.44. The minimum absolute atomic E-state index is 0. The summed E-state index contributed by atoms with van der Waals surface area (Å²) in [6.07, 6.45) is 0. The Morgan fingerprint density at radius 1 is 1.26 bits per heavy atom. The molecule has 3 heterocycles. The van der Waals surface area contributed by atoms with Gasteiger partial charge in [0.25, 0.3) is 5.91 Å². The molecule has 2 aromatic heterocycles. The van der Waals surface area contributed by atoms with Crippen LogP contribution in [-0.4, -0.2) is 65.0 Å². The fourth-order valence-electron chi connectivity index (χ4n) is 3.75. The molecular weight excluding hydrogens is 434 g/mol. The van der Waals surface area contributed by atoms with E-state index in [-0.39, 0.29) is 24.4 Å². The third kappa shape index (κ3) is 5.09. The monoisotopic (exact) mass is 463 g/mol. The Balaban J connectivity index is 0.00000272. The van der Waals surface area contributed by atoms with Crippen LogP contribution in [0.1, 0.15) is 41.6 Å². The molecule has 1 fully saturated rings. The minimum Gasteiger partial charge on any atom is -0.379 e. The second kappa shape index (κ2) is 10.1. The Morgan fingerprint density at radius 3 is 2.68 bits per heavy atom. The lowest BCUT2D eigenvalue weighted by Crippen LogP contribution is -2.43. The highest BCUT2D eigenvalue weighted by Gasteiger charge is 2.26. The van der Waals surface area contributed by atoms with E-state index in [2.05, 4.69) is 29.1 Å². The first-order valence-corrected chi connectivity index (χ1v) is 11.3. The summed E-state index contributed by atoms with van der Waals surface area (Å²) < 4.78 is 8.38. The summed E-state index contributed by atoms with van der Waals surface area (Å²) in [4.78, 5) is 22.7. The summed E-state index contributed by atoms with van der Waals surface area (Å²) in [5.41, 5.74) is 3.55. The predicted octanol–water partition coefficient (Wildman–Crippen LogP) is 4.09. The summed E-state index contributed by atoms with van der Waals surface area (Å²) >= 11 is 1.57. The number of aromatic nitrogens is 3. The Bertz CT molecular complexity index is 1040. The zero-order chi connectivity index (χ0) is 21.3. The summed E-state index contributed by atoms with van der Waals surface area (Å²) in [6, 6.07) is 8.15. The Labute approximate surface area is 193 Å². The summed E-state index contributed by atoms with van der Waals surface area (Å²) in [5, 5.41) is 5.28. The van der Waals surface area contributed by atoms with E-state index < -0.39 is 0 Å². The number of hydrogen-bond donors (Lipinski definition) is 0. The standard InChI is InChI=1S/C22H29N5O2S.ClH/c1-15(2)27-18(14-17(4)24-27)21(28)26(9-8-25-10-12-29-13-11-25)22-23-20-16(3)6-5-7-19(20)30-22;/h5-7,14-15H,8-13H2,1-4H3;1H. The van der Waals surface area contributed by atoms with Crippen molar-refractivity contribution in [3.8, 4) is 0 Å². The molecule has 1 amide bonds. The van der Waals surface area contributed by atoms with Gasteiger partial charge in [-0.3, -0.25) is 19.3 Å². The van der Waals surface area contributed by atoms with Crippen LogP contribution in [0.3, 0.4) is 0 Å². The van der Waals surface area contributed by atoms with Gasteiger partial charge in [0.2, 0.25) is 0 Å². The van der Waals surface area contributed by atoms with E-state index in [1.807, 2.05) is 42.5 Å². The number of fused-ring (bicyclic) bond motifs is 1. The van der Waals surface area contributed by atoms with Gasteiger partial charge < -0.3 is 4.74 Å². The van der Waals surface area contributed by atoms with Crippen LogP contribution in [0.25, 0.3) is 10.2 Å². The molecule has 1 aliphatic rings. The first-order valence-electron chi connectivity index (χ1n) is 10.5. The molecule has 9 heteroatoms. The van der Waals surface area contributed by atoms with E-state index in [9.17, 15) is 4.79 Å². The second-order valence-corrected chi connectivity index (χ2v) is 9.05. The number of benzene rings is 1. The fraction of sp³-hybridized carbons (Fsp3) is 0.500. The van der Waals surface area contributed by atoms with Crippen molar-refractivity contribution in [3.63, 3.8) is 0 Å². The molecule has 7 nitrogen and oxygen atoms in total. The Kier molecular flexibility index (Phi) is 7.69. The lowest BCUT2D eigenvalue weighted by atomic mass is 10.2. The molecule has 1 aromatic carbocycles. The van der Waals surface area contributed by atoms with Crippen LogP contribution in [0.2, 0.25) is 0 Å². The maximum absolute atomic E-state index is 13.7. The number of carbonyl (C=O) groups is 1. The largest absolute Gasteiger partial charge is 0.379 e. The van der Waals surface area contributed by atoms with Gasteiger partial charge in [0.15, 0.2) is 5.13 Å². The van der Waals surface area contributed by atoms with Crippen LogP contribution in [-0.2, 0) is 4.74 Å². The van der Waals surface area contributed by atoms with Crippen molar-refractivity contribution in [2.45, 2.75) is 33.7 Å². The highest BCUT2D eigenvalue weighted by atomic mass is 35.5. The summed E-state index contributed by atoms with van der Waals surface area (Å²) in [5.74, 6) is -0.0470. The molecule has 0 saturated carbocycles. The van der Waals surface area contributed by atoms with Crippen molar-refractivity contribution in [3.05, 3.63) is 41.2 Å². The Morgan fingerprint density at radius 2 is 2.00 bits per heavy atom. The number of halogens is 1. The van der Waals surface area contributed by atoms with Crippen molar-refractivity contribution in [1.29, 1.82) is 0 Å². The van der Waals surface area contributed by atoms with Crippen molar-refractivity contribution < 1.29 is 9.53 Å². The normalized spacial score (nSPS) is 14.7. The highest BCUT2D eigenvalue weighted by molar-refractivity contribution is 7.22. The molecule has 168 valence electrons. The van der Waals surface area contributed by atoms with E-state index in [4.69, 9.17) is 9.72 Å². The predicted molar refractivity (Wildman–Crippen MR) is 128 cm³/mol. The van der Waals surface area contributed by atoms with Gasteiger partial charge in [-0.25, -0.2) is 4.98 Å². The number of anilines is 1. The number of nitrogens with zero attached hydrogens (tertiary/aromatic N) is 5. The topological polar surface area (TPSA) is 63.5 Å². The molecule has 0 atom stereocenters. The highest BCUT2D eigenvalue weighted by Crippen LogP contribution is 2.31. The van der Waals surface area contributed by atoms with Gasteiger partial charge in [-0.1, -0.05) is 23.5 Å². The molecule has 0 aliphatic carbocycles. The number of rotatable bonds is 6. The number of para-hydroxylation sites is 1. The van der Waals surface area contributed by atoms with Gasteiger partial charge in [-0.05, 0) is 45.4 Å². The number of morpholine rings is 1. The van der Waals surface area contributed by atoms with E-state index in [1.165, 1.54) is 0 Å². The van der Waals surface area contributed by atoms with Crippen LogP contribution in [0.5, 0.6) is 0 Å². The van der Waals surface area contributed by atoms with Crippen LogP contribution < -0.4 is 4.90 Å². The van der Waals surface area contributed by atoms with E-state index in [1.54, 1.807) is 11.3 Å². The molecule has 0 bridgehead atoms. The first-order chi connectivity index (χ1) is 14.4. The number of carbonyl (C=O) groups excluding carboxylic acids is 1. The molecule has 1 aliphatic heterocycles. The molecule has 0 radical (unpaired) electrons. The van der Waals surface area contributed by atoms with Gasteiger partial charge in [0.1, 0.15) is 5.69 Å². The fourth-order valence-corrected chi connectivity index (χ4v) is 4.82. The van der Waals surface area contributed by atoms with Crippen LogP contribution in [0.15, 0.2) is 24.3 Å². The third-order valence-electron chi connectivity index (χ3n) is 5.40. The van der Waals surface area contributed by atoms with Crippen molar-refractivity contribution in [1.82, 2.24) is 19.7 Å². The molecule has 0 unspecified atom stereocenters. The lowest BCUT2D eigenvalue weighted by molar-refractivity contribution is 0.0391. The van der Waals surface area contributed by atoms with Crippen molar-refractivity contribution in [2.24, 2.45) is 0 Å². The number of amides is 1.